The topological polar surface area (TPSA) is 88.5 Å². The molecule has 174 valence electrons. The Morgan fingerprint density at radius 3 is 2.46 bits per heavy atom. The lowest BCUT2D eigenvalue weighted by molar-refractivity contribution is -0.165. The van der Waals surface area contributed by atoms with Gasteiger partial charge in [0, 0.05) is 39.9 Å². The summed E-state index contributed by atoms with van der Waals surface area (Å²) in [5.41, 5.74) is 10.1. The number of Topliss-reactive ketones (excluding diaryl/α,β-unsaturated/α-hetero) is 1. The van der Waals surface area contributed by atoms with Crippen LogP contribution in [-0.2, 0) is 26.4 Å². The van der Waals surface area contributed by atoms with Gasteiger partial charge in [0.1, 0.15) is 6.23 Å². The first-order chi connectivity index (χ1) is 16.9. The molecule has 7 nitrogen and oxygen atoms in total. The number of aryl methyl sites for hydroxylation is 1. The molecule has 8 rings (SSSR count). The van der Waals surface area contributed by atoms with E-state index in [1.807, 2.05) is 37.3 Å². The molecule has 2 unspecified atom stereocenters. The minimum Gasteiger partial charge on any atom is -0.468 e. The molecule has 2 aromatic heterocycles. The molecule has 35 heavy (non-hydrogen) atoms. The van der Waals surface area contributed by atoms with E-state index in [0.717, 1.165) is 54.7 Å². The minimum atomic E-state index is -1.41. The van der Waals surface area contributed by atoms with Crippen LogP contribution in [0.2, 0.25) is 0 Å². The van der Waals surface area contributed by atoms with Crippen LogP contribution in [0.4, 0.5) is 0 Å². The summed E-state index contributed by atoms with van der Waals surface area (Å²) < 4.78 is 16.3. The normalized spacial score (nSPS) is 26.9. The maximum atomic E-state index is 13.3. The van der Waals surface area contributed by atoms with Gasteiger partial charge >= 0.3 is 5.97 Å². The highest BCUT2D eigenvalue weighted by Crippen LogP contribution is 2.57. The van der Waals surface area contributed by atoms with E-state index < -0.39 is 23.5 Å². The lowest BCUT2D eigenvalue weighted by atomic mass is 9.86. The van der Waals surface area contributed by atoms with Crippen molar-refractivity contribution in [2.45, 2.75) is 43.7 Å². The van der Waals surface area contributed by atoms with Crippen molar-refractivity contribution in [3.05, 3.63) is 59.7 Å². The zero-order valence-corrected chi connectivity index (χ0v) is 19.4. The Bertz CT molecular complexity index is 1830. The molecule has 1 saturated heterocycles. The first kappa shape index (κ1) is 19.6. The molecule has 3 atom stereocenters. The van der Waals surface area contributed by atoms with Crippen molar-refractivity contribution in [1.82, 2.24) is 9.13 Å². The van der Waals surface area contributed by atoms with E-state index in [1.54, 1.807) is 0 Å². The summed E-state index contributed by atoms with van der Waals surface area (Å²) in [6.45, 7) is 1.90. The molecule has 3 aliphatic rings. The van der Waals surface area contributed by atoms with Gasteiger partial charge in [-0.3, -0.25) is 4.79 Å². The van der Waals surface area contributed by atoms with E-state index in [4.69, 9.17) is 15.2 Å². The second-order valence-corrected chi connectivity index (χ2v) is 10.2. The quantitative estimate of drug-likeness (QED) is 0.368. The summed E-state index contributed by atoms with van der Waals surface area (Å²) in [5, 5.41) is 4.10. The minimum absolute atomic E-state index is 0.186. The summed E-state index contributed by atoms with van der Waals surface area (Å²) in [7, 11) is 1.37. The largest absolute Gasteiger partial charge is 0.468 e. The van der Waals surface area contributed by atoms with Gasteiger partial charge in [0.2, 0.25) is 0 Å². The first-order valence-corrected chi connectivity index (χ1v) is 12.0. The van der Waals surface area contributed by atoms with Crippen molar-refractivity contribution in [3.8, 4) is 0 Å². The van der Waals surface area contributed by atoms with Crippen molar-refractivity contribution in [3.63, 3.8) is 0 Å². The number of fused-ring (bicyclic) bond motifs is 13. The van der Waals surface area contributed by atoms with Crippen molar-refractivity contribution in [1.29, 1.82) is 0 Å². The molecular weight excluding hydrogens is 442 g/mol. The summed E-state index contributed by atoms with van der Waals surface area (Å²) >= 11 is 0. The fraction of sp³-hybridized carbons (Fsp3) is 0.286. The van der Waals surface area contributed by atoms with E-state index in [0.29, 0.717) is 12.8 Å². The third-order valence-electron chi connectivity index (χ3n) is 8.70. The first-order valence-electron chi connectivity index (χ1n) is 12.0. The molecule has 0 spiro atoms. The molecule has 5 aromatic rings. The average Bonchev–Trinajstić information content (AvgIpc) is 3.55. The van der Waals surface area contributed by atoms with Crippen LogP contribution in [0, 0.1) is 0 Å². The smallest absolute Gasteiger partial charge is 0.331 e. The van der Waals surface area contributed by atoms with Gasteiger partial charge in [0.05, 0.1) is 29.2 Å². The van der Waals surface area contributed by atoms with Crippen molar-refractivity contribution in [2.75, 3.05) is 7.11 Å². The molecule has 0 saturated carbocycles. The Kier molecular flexibility index (Phi) is 3.32. The molecule has 1 aliphatic carbocycles. The van der Waals surface area contributed by atoms with Crippen LogP contribution in [0.15, 0.2) is 48.5 Å². The van der Waals surface area contributed by atoms with Crippen LogP contribution in [0.3, 0.4) is 0 Å². The predicted octanol–water partition coefficient (Wildman–Crippen LogP) is 4.51. The van der Waals surface area contributed by atoms with E-state index >= 15 is 0 Å². The third kappa shape index (κ3) is 1.93. The van der Waals surface area contributed by atoms with Gasteiger partial charge in [-0.25, -0.2) is 4.79 Å². The number of carbonyl (C=O) groups is 2. The summed E-state index contributed by atoms with van der Waals surface area (Å²) in [4.78, 5) is 26.6. The van der Waals surface area contributed by atoms with Crippen molar-refractivity contribution >= 4 is 55.4 Å². The van der Waals surface area contributed by atoms with Crippen molar-refractivity contribution < 1.29 is 19.1 Å². The second kappa shape index (κ2) is 5.93. The molecular formula is C28H23N3O4. The van der Waals surface area contributed by atoms with Crippen LogP contribution in [0.25, 0.3) is 43.6 Å². The Balaban J connectivity index is 1.73. The molecule has 7 heteroatoms. The van der Waals surface area contributed by atoms with Gasteiger partial charge in [-0.05, 0) is 31.0 Å². The SMILES string of the molecule is COC(=O)[C@@]1(N)CC2OC1(C)n1c3ccccc3c3c4c(c5c6ccccc6n2c5c31)C(=O)CC4. The maximum Gasteiger partial charge on any atom is 0.331 e. The lowest BCUT2D eigenvalue weighted by Crippen LogP contribution is -2.62. The van der Waals surface area contributed by atoms with Gasteiger partial charge in [-0.1, -0.05) is 36.4 Å². The van der Waals surface area contributed by atoms with E-state index in [2.05, 4.69) is 27.3 Å². The van der Waals surface area contributed by atoms with Gasteiger partial charge in [0.25, 0.3) is 0 Å². The van der Waals surface area contributed by atoms with Crippen molar-refractivity contribution in [2.24, 2.45) is 5.73 Å². The highest BCUT2D eigenvalue weighted by Gasteiger charge is 2.64. The third-order valence-corrected chi connectivity index (χ3v) is 8.70. The molecule has 4 heterocycles. The second-order valence-electron chi connectivity index (χ2n) is 10.2. The number of nitrogens with two attached hydrogens (primary N) is 1. The number of ketones is 1. The Labute approximate surface area is 200 Å². The molecule has 2 bridgehead atoms. The fourth-order valence-corrected chi connectivity index (χ4v) is 7.19. The molecule has 2 N–H and O–H groups in total. The predicted molar refractivity (Wildman–Crippen MR) is 132 cm³/mol. The number of para-hydroxylation sites is 2. The van der Waals surface area contributed by atoms with Crippen LogP contribution in [0.5, 0.6) is 0 Å². The van der Waals surface area contributed by atoms with Gasteiger partial charge in [-0.15, -0.1) is 0 Å². The number of hydrogen-bond donors (Lipinski definition) is 1. The monoisotopic (exact) mass is 465 g/mol. The number of esters is 1. The Morgan fingerprint density at radius 2 is 1.71 bits per heavy atom. The number of benzene rings is 3. The number of methoxy groups -OCH3 is 1. The molecule has 0 radical (unpaired) electrons. The Morgan fingerprint density at radius 1 is 1.03 bits per heavy atom. The van der Waals surface area contributed by atoms with E-state index in [-0.39, 0.29) is 12.2 Å². The summed E-state index contributed by atoms with van der Waals surface area (Å²) in [6, 6.07) is 16.3. The van der Waals surface area contributed by atoms with E-state index in [9.17, 15) is 9.59 Å². The van der Waals surface area contributed by atoms with Gasteiger partial charge < -0.3 is 24.3 Å². The van der Waals surface area contributed by atoms with Gasteiger partial charge in [-0.2, -0.15) is 0 Å². The molecule has 2 aliphatic heterocycles. The number of rotatable bonds is 1. The molecule has 3 aromatic carbocycles. The van der Waals surface area contributed by atoms with E-state index in [1.165, 1.54) is 7.11 Å². The van der Waals surface area contributed by atoms with Crippen LogP contribution < -0.4 is 5.73 Å². The standard InChI is InChI=1S/C28H23N3O4/c1-27-28(29,26(33)34-2)13-20(35-27)30-17-9-5-3-7-14(17)23-22-16(11-12-19(22)32)21-15-8-4-6-10-18(15)31(27)25(21)24(23)30/h3-10,20H,11-13,29H2,1-2H3/t20?,27?,28-/m0/s1. The number of nitrogens with zero attached hydrogens (tertiary/aromatic N) is 2. The number of carbonyl (C=O) groups excluding carboxylic acids is 2. The number of ether oxygens (including phenoxy) is 2. The number of hydrogen-bond acceptors (Lipinski definition) is 5. The van der Waals surface area contributed by atoms with Gasteiger partial charge in [0.15, 0.2) is 17.0 Å². The summed E-state index contributed by atoms with van der Waals surface area (Å²) in [6.07, 6.45) is 0.952. The summed E-state index contributed by atoms with van der Waals surface area (Å²) in [5.74, 6) is -0.313. The highest BCUT2D eigenvalue weighted by atomic mass is 16.6. The highest BCUT2D eigenvalue weighted by molar-refractivity contribution is 6.31. The lowest BCUT2D eigenvalue weighted by Gasteiger charge is -2.38. The molecule has 0 amide bonds. The zero-order chi connectivity index (χ0) is 23.9. The van der Waals surface area contributed by atoms with Crippen LogP contribution >= 0.6 is 0 Å². The van der Waals surface area contributed by atoms with Crippen LogP contribution in [0.1, 0.15) is 41.9 Å². The average molecular weight is 466 g/mol. The molecule has 1 fully saturated rings. The zero-order valence-electron chi connectivity index (χ0n) is 19.4. The van der Waals surface area contributed by atoms with Crippen LogP contribution in [-0.4, -0.2) is 33.5 Å². The maximum absolute atomic E-state index is 13.3. The fourth-order valence-electron chi connectivity index (χ4n) is 7.19. The number of aromatic nitrogens is 2. The Hall–Kier alpha value is -3.68.